The summed E-state index contributed by atoms with van der Waals surface area (Å²) in [5.41, 5.74) is 0.511. The van der Waals surface area contributed by atoms with Crippen molar-refractivity contribution in [2.45, 2.75) is 25.8 Å². The van der Waals surface area contributed by atoms with Crippen LogP contribution in [0.15, 0.2) is 24.3 Å². The zero-order valence-corrected chi connectivity index (χ0v) is 16.6. The Balaban J connectivity index is 1.44. The van der Waals surface area contributed by atoms with Gasteiger partial charge in [0.15, 0.2) is 0 Å². The average molecular weight is 406 g/mol. The minimum atomic E-state index is -0.626. The molecule has 0 aliphatic carbocycles. The van der Waals surface area contributed by atoms with Crippen molar-refractivity contribution in [1.82, 2.24) is 15.1 Å². The minimum Gasteiger partial charge on any atom is -0.450 e. The van der Waals surface area contributed by atoms with Crippen molar-refractivity contribution < 1.29 is 23.5 Å². The molecule has 9 heteroatoms. The van der Waals surface area contributed by atoms with E-state index < -0.39 is 11.8 Å². The molecule has 2 aliphatic heterocycles. The van der Waals surface area contributed by atoms with Crippen LogP contribution in [0.4, 0.5) is 14.9 Å². The summed E-state index contributed by atoms with van der Waals surface area (Å²) >= 11 is 0. The molecule has 0 aromatic heterocycles. The SMILES string of the molecule is CCOC(=O)N1CCC(NC(=O)C(=O)N2CCN(c3ccccc3F)CC2)CC1. The molecule has 0 atom stereocenters. The van der Waals surface area contributed by atoms with Crippen LogP contribution in [0.1, 0.15) is 19.8 Å². The third kappa shape index (κ3) is 5.16. The molecule has 0 saturated carbocycles. The molecule has 2 fully saturated rings. The number of halogens is 1. The number of piperazine rings is 1. The van der Waals surface area contributed by atoms with Crippen LogP contribution in [0, 0.1) is 5.82 Å². The highest BCUT2D eigenvalue weighted by molar-refractivity contribution is 6.35. The summed E-state index contributed by atoms with van der Waals surface area (Å²) in [6.07, 6.45) is 0.818. The summed E-state index contributed by atoms with van der Waals surface area (Å²) in [7, 11) is 0. The Kier molecular flexibility index (Phi) is 6.90. The second kappa shape index (κ2) is 9.58. The lowest BCUT2D eigenvalue weighted by atomic mass is 10.1. The van der Waals surface area contributed by atoms with Crippen LogP contribution >= 0.6 is 0 Å². The van der Waals surface area contributed by atoms with Gasteiger partial charge >= 0.3 is 17.9 Å². The lowest BCUT2D eigenvalue weighted by molar-refractivity contribution is -0.146. The number of anilines is 1. The summed E-state index contributed by atoms with van der Waals surface area (Å²) in [5.74, 6) is -1.48. The van der Waals surface area contributed by atoms with E-state index in [1.807, 2.05) is 4.90 Å². The monoisotopic (exact) mass is 406 g/mol. The predicted octanol–water partition coefficient (Wildman–Crippen LogP) is 1.21. The van der Waals surface area contributed by atoms with Gasteiger partial charge in [0.2, 0.25) is 0 Å². The highest BCUT2D eigenvalue weighted by Gasteiger charge is 2.30. The van der Waals surface area contributed by atoms with Gasteiger partial charge < -0.3 is 24.8 Å². The van der Waals surface area contributed by atoms with E-state index in [1.165, 1.54) is 11.0 Å². The number of amides is 3. The maximum atomic E-state index is 13.9. The van der Waals surface area contributed by atoms with Crippen LogP contribution in [0.25, 0.3) is 0 Å². The molecule has 8 nitrogen and oxygen atoms in total. The Bertz CT molecular complexity index is 744. The van der Waals surface area contributed by atoms with E-state index in [2.05, 4.69) is 5.32 Å². The number of likely N-dealkylation sites (tertiary alicyclic amines) is 1. The number of nitrogens with zero attached hydrogens (tertiary/aromatic N) is 3. The smallest absolute Gasteiger partial charge is 0.409 e. The van der Waals surface area contributed by atoms with E-state index in [1.54, 1.807) is 30.0 Å². The Morgan fingerprint density at radius 2 is 1.69 bits per heavy atom. The van der Waals surface area contributed by atoms with Gasteiger partial charge in [0, 0.05) is 45.3 Å². The highest BCUT2D eigenvalue weighted by Crippen LogP contribution is 2.20. The summed E-state index contributed by atoms with van der Waals surface area (Å²) in [6, 6.07) is 6.39. The van der Waals surface area contributed by atoms with E-state index in [0.717, 1.165) is 0 Å². The molecule has 3 rings (SSSR count). The van der Waals surface area contributed by atoms with Gasteiger partial charge in [0.25, 0.3) is 0 Å². The number of hydrogen-bond acceptors (Lipinski definition) is 5. The Morgan fingerprint density at radius 1 is 1.03 bits per heavy atom. The van der Waals surface area contributed by atoms with E-state index in [-0.39, 0.29) is 18.0 Å². The molecule has 1 aromatic rings. The van der Waals surface area contributed by atoms with Crippen molar-refractivity contribution in [3.8, 4) is 0 Å². The number of piperidine rings is 1. The van der Waals surface area contributed by atoms with E-state index in [4.69, 9.17) is 4.74 Å². The van der Waals surface area contributed by atoms with Crippen molar-refractivity contribution in [3.63, 3.8) is 0 Å². The number of rotatable bonds is 3. The molecule has 0 radical (unpaired) electrons. The fourth-order valence-corrected chi connectivity index (χ4v) is 3.67. The lowest BCUT2D eigenvalue weighted by Gasteiger charge is -2.36. The van der Waals surface area contributed by atoms with Crippen molar-refractivity contribution >= 4 is 23.6 Å². The minimum absolute atomic E-state index is 0.142. The zero-order chi connectivity index (χ0) is 20.8. The first-order chi connectivity index (χ1) is 14.0. The standard InChI is InChI=1S/C20H27FN4O4/c1-2-29-20(28)25-9-7-15(8-10-25)22-18(26)19(27)24-13-11-23(12-14-24)17-6-4-3-5-16(17)21/h3-6,15H,2,7-14H2,1H3,(H,22,26). The van der Waals surface area contributed by atoms with Crippen molar-refractivity contribution in [3.05, 3.63) is 30.1 Å². The Hall–Kier alpha value is -2.84. The first-order valence-corrected chi connectivity index (χ1v) is 10.0. The lowest BCUT2D eigenvalue weighted by Crippen LogP contribution is -2.55. The second-order valence-corrected chi connectivity index (χ2v) is 7.16. The van der Waals surface area contributed by atoms with Gasteiger partial charge in [-0.3, -0.25) is 9.59 Å². The zero-order valence-electron chi connectivity index (χ0n) is 16.6. The summed E-state index contributed by atoms with van der Waals surface area (Å²) in [6.45, 7) is 4.72. The largest absolute Gasteiger partial charge is 0.450 e. The molecule has 2 saturated heterocycles. The van der Waals surface area contributed by atoms with E-state index in [0.29, 0.717) is 64.4 Å². The first kappa shape index (κ1) is 20.9. The van der Waals surface area contributed by atoms with Gasteiger partial charge in [-0.05, 0) is 31.9 Å². The van der Waals surface area contributed by atoms with Crippen LogP contribution in [-0.4, -0.2) is 79.6 Å². The summed E-state index contributed by atoms with van der Waals surface area (Å²) in [5, 5.41) is 2.78. The van der Waals surface area contributed by atoms with Gasteiger partial charge in [0.05, 0.1) is 12.3 Å². The molecule has 29 heavy (non-hydrogen) atoms. The highest BCUT2D eigenvalue weighted by atomic mass is 19.1. The maximum absolute atomic E-state index is 13.9. The predicted molar refractivity (Wildman–Crippen MR) is 105 cm³/mol. The molecule has 0 spiro atoms. The number of benzene rings is 1. The maximum Gasteiger partial charge on any atom is 0.409 e. The fourth-order valence-electron chi connectivity index (χ4n) is 3.67. The van der Waals surface area contributed by atoms with Crippen LogP contribution in [-0.2, 0) is 14.3 Å². The number of carbonyl (C=O) groups is 3. The quantitative estimate of drug-likeness (QED) is 0.763. The number of para-hydroxylation sites is 1. The van der Waals surface area contributed by atoms with Gasteiger partial charge in [-0.2, -0.15) is 0 Å². The van der Waals surface area contributed by atoms with Crippen molar-refractivity contribution in [1.29, 1.82) is 0 Å². The molecular weight excluding hydrogens is 379 g/mol. The summed E-state index contributed by atoms with van der Waals surface area (Å²) in [4.78, 5) is 41.5. The molecule has 3 amide bonds. The number of ether oxygens (including phenoxy) is 1. The van der Waals surface area contributed by atoms with Gasteiger partial charge in [0.1, 0.15) is 5.82 Å². The van der Waals surface area contributed by atoms with Crippen molar-refractivity contribution in [2.75, 3.05) is 50.8 Å². The summed E-state index contributed by atoms with van der Waals surface area (Å²) < 4.78 is 18.9. The van der Waals surface area contributed by atoms with Crippen LogP contribution in [0.5, 0.6) is 0 Å². The van der Waals surface area contributed by atoms with Gasteiger partial charge in [-0.25, -0.2) is 9.18 Å². The van der Waals surface area contributed by atoms with Crippen molar-refractivity contribution in [2.24, 2.45) is 0 Å². The molecule has 0 bridgehead atoms. The van der Waals surface area contributed by atoms with Crippen LogP contribution < -0.4 is 10.2 Å². The fraction of sp³-hybridized carbons (Fsp3) is 0.550. The number of hydrogen-bond donors (Lipinski definition) is 1. The number of carbonyl (C=O) groups excluding carboxylic acids is 3. The van der Waals surface area contributed by atoms with Gasteiger partial charge in [-0.1, -0.05) is 12.1 Å². The molecule has 2 heterocycles. The second-order valence-electron chi connectivity index (χ2n) is 7.16. The molecule has 0 unspecified atom stereocenters. The molecular formula is C20H27FN4O4. The Morgan fingerprint density at radius 3 is 2.31 bits per heavy atom. The van der Waals surface area contributed by atoms with Crippen LogP contribution in [0.3, 0.4) is 0 Å². The van der Waals surface area contributed by atoms with Crippen LogP contribution in [0.2, 0.25) is 0 Å². The molecule has 1 aromatic carbocycles. The Labute approximate surface area is 169 Å². The third-order valence-electron chi connectivity index (χ3n) is 5.31. The normalized spacial score (nSPS) is 17.8. The third-order valence-corrected chi connectivity index (χ3v) is 5.31. The van der Waals surface area contributed by atoms with Gasteiger partial charge in [-0.15, -0.1) is 0 Å². The molecule has 2 aliphatic rings. The first-order valence-electron chi connectivity index (χ1n) is 10.0. The van der Waals surface area contributed by atoms with E-state index in [9.17, 15) is 18.8 Å². The topological polar surface area (TPSA) is 82.2 Å². The van der Waals surface area contributed by atoms with E-state index >= 15 is 0 Å². The molecule has 1 N–H and O–H groups in total. The molecule has 158 valence electrons. The number of nitrogens with one attached hydrogen (secondary N) is 1. The average Bonchev–Trinajstić information content (AvgIpc) is 2.74.